The highest BCUT2D eigenvalue weighted by Crippen LogP contribution is 2.17. The molecule has 0 amide bonds. The van der Waals surface area contributed by atoms with Crippen molar-refractivity contribution in [2.75, 3.05) is 12.0 Å². The number of hydrogen-bond donors (Lipinski definition) is 1. The van der Waals surface area contributed by atoms with Crippen molar-refractivity contribution >= 4 is 33.7 Å². The number of hydrogen-bond acceptors (Lipinski definition) is 2. The lowest BCUT2D eigenvalue weighted by molar-refractivity contribution is -0.141. The maximum Gasteiger partial charge on any atom is 0.306 e. The molecule has 2 nitrogen and oxygen atoms in total. The Hall–Kier alpha value is -0.480. The van der Waals surface area contributed by atoms with Crippen LogP contribution in [0, 0.1) is 5.92 Å². The second-order valence-electron chi connectivity index (χ2n) is 3.65. The summed E-state index contributed by atoms with van der Waals surface area (Å²) >= 11 is 5.05. The molecule has 1 N–H and O–H groups in total. The molecule has 0 aliphatic heterocycles. The first-order chi connectivity index (χ1) is 7.63. The summed E-state index contributed by atoms with van der Waals surface area (Å²) in [7, 11) is 0. The Morgan fingerprint density at radius 1 is 1.44 bits per heavy atom. The zero-order valence-corrected chi connectivity index (χ0v) is 11.6. The molecule has 0 aromatic heterocycles. The fourth-order valence-electron chi connectivity index (χ4n) is 1.48. The fourth-order valence-corrected chi connectivity index (χ4v) is 2.26. The molecule has 1 atom stereocenters. The van der Waals surface area contributed by atoms with E-state index >= 15 is 0 Å². The van der Waals surface area contributed by atoms with Gasteiger partial charge in [0.1, 0.15) is 0 Å². The molecule has 0 aliphatic carbocycles. The predicted molar refractivity (Wildman–Crippen MR) is 72.0 cm³/mol. The molecule has 1 rings (SSSR count). The molecule has 88 valence electrons. The zero-order valence-electron chi connectivity index (χ0n) is 9.15. The normalized spacial score (nSPS) is 12.4. The zero-order chi connectivity index (χ0) is 12.0. The summed E-state index contributed by atoms with van der Waals surface area (Å²) in [6.07, 6.45) is 3.34. The predicted octanol–water partition coefficient (Wildman–Crippen LogP) is 3.45. The van der Waals surface area contributed by atoms with Crippen LogP contribution in [0.1, 0.15) is 12.0 Å². The molecule has 0 radical (unpaired) electrons. The molecule has 0 saturated carbocycles. The third-order valence-electron chi connectivity index (χ3n) is 2.42. The van der Waals surface area contributed by atoms with Crippen LogP contribution in [0.25, 0.3) is 0 Å². The standard InChI is InChI=1S/C12H15BrO2S/c1-16-7-6-10(12(14)15)8-9-2-4-11(13)5-3-9/h2-5,10H,6-8H2,1H3,(H,14,15). The van der Waals surface area contributed by atoms with Crippen LogP contribution in [0.4, 0.5) is 0 Å². The van der Waals surface area contributed by atoms with E-state index in [2.05, 4.69) is 15.9 Å². The van der Waals surface area contributed by atoms with E-state index in [0.29, 0.717) is 6.42 Å². The highest BCUT2D eigenvalue weighted by molar-refractivity contribution is 9.10. The van der Waals surface area contributed by atoms with Gasteiger partial charge in [0, 0.05) is 4.47 Å². The smallest absolute Gasteiger partial charge is 0.306 e. The van der Waals surface area contributed by atoms with Crippen molar-refractivity contribution in [3.8, 4) is 0 Å². The summed E-state index contributed by atoms with van der Waals surface area (Å²) in [6.45, 7) is 0. The quantitative estimate of drug-likeness (QED) is 0.874. The second kappa shape index (κ2) is 6.97. The first-order valence-electron chi connectivity index (χ1n) is 5.09. The number of rotatable bonds is 6. The molecular weight excluding hydrogens is 288 g/mol. The number of carboxylic acids is 1. The second-order valence-corrected chi connectivity index (χ2v) is 5.55. The van der Waals surface area contributed by atoms with E-state index in [4.69, 9.17) is 5.11 Å². The summed E-state index contributed by atoms with van der Waals surface area (Å²) in [4.78, 5) is 11.1. The van der Waals surface area contributed by atoms with E-state index in [0.717, 1.165) is 22.2 Å². The number of thioether (sulfide) groups is 1. The van der Waals surface area contributed by atoms with Crippen LogP contribution < -0.4 is 0 Å². The van der Waals surface area contributed by atoms with Gasteiger partial charge in [-0.05, 0) is 42.5 Å². The van der Waals surface area contributed by atoms with Gasteiger partial charge in [-0.25, -0.2) is 0 Å². The van der Waals surface area contributed by atoms with E-state index in [1.807, 2.05) is 30.5 Å². The van der Waals surface area contributed by atoms with E-state index in [-0.39, 0.29) is 5.92 Å². The molecule has 0 heterocycles. The Kier molecular flexibility index (Phi) is 5.91. The van der Waals surface area contributed by atoms with E-state index in [1.54, 1.807) is 11.8 Å². The molecule has 0 fully saturated rings. The van der Waals surface area contributed by atoms with Crippen LogP contribution in [-0.2, 0) is 11.2 Å². The molecule has 0 saturated heterocycles. The molecule has 16 heavy (non-hydrogen) atoms. The lowest BCUT2D eigenvalue weighted by Crippen LogP contribution is -2.17. The minimum atomic E-state index is -0.697. The van der Waals surface area contributed by atoms with Crippen molar-refractivity contribution in [1.29, 1.82) is 0 Å². The lowest BCUT2D eigenvalue weighted by atomic mass is 9.97. The van der Waals surface area contributed by atoms with E-state index in [9.17, 15) is 4.79 Å². The minimum Gasteiger partial charge on any atom is -0.481 e. The number of aliphatic carboxylic acids is 1. The van der Waals surface area contributed by atoms with Gasteiger partial charge in [-0.2, -0.15) is 11.8 Å². The molecule has 1 aromatic rings. The van der Waals surface area contributed by atoms with Crippen LogP contribution >= 0.6 is 27.7 Å². The Labute approximate surface area is 109 Å². The van der Waals surface area contributed by atoms with Crippen molar-refractivity contribution < 1.29 is 9.90 Å². The van der Waals surface area contributed by atoms with Crippen molar-refractivity contribution in [1.82, 2.24) is 0 Å². The summed E-state index contributed by atoms with van der Waals surface area (Å²) in [5, 5.41) is 9.10. The molecule has 0 bridgehead atoms. The average molecular weight is 303 g/mol. The largest absolute Gasteiger partial charge is 0.481 e. The average Bonchev–Trinajstić information content (AvgIpc) is 2.26. The Morgan fingerprint density at radius 2 is 2.06 bits per heavy atom. The first-order valence-corrected chi connectivity index (χ1v) is 7.28. The van der Waals surface area contributed by atoms with Crippen LogP contribution in [0.5, 0.6) is 0 Å². The molecule has 1 aromatic carbocycles. The summed E-state index contributed by atoms with van der Waals surface area (Å²) in [5.74, 6) is -0.0707. The highest BCUT2D eigenvalue weighted by Gasteiger charge is 2.17. The van der Waals surface area contributed by atoms with E-state index in [1.165, 1.54) is 0 Å². The van der Waals surface area contributed by atoms with Crippen LogP contribution in [-0.4, -0.2) is 23.1 Å². The Morgan fingerprint density at radius 3 is 2.56 bits per heavy atom. The van der Waals surface area contributed by atoms with Crippen molar-refractivity contribution in [2.24, 2.45) is 5.92 Å². The minimum absolute atomic E-state index is 0.270. The summed E-state index contributed by atoms with van der Waals surface area (Å²) in [6, 6.07) is 7.84. The van der Waals surface area contributed by atoms with Gasteiger partial charge < -0.3 is 5.11 Å². The lowest BCUT2D eigenvalue weighted by Gasteiger charge is -2.11. The van der Waals surface area contributed by atoms with Crippen LogP contribution in [0.15, 0.2) is 28.7 Å². The molecule has 4 heteroatoms. The van der Waals surface area contributed by atoms with Crippen molar-refractivity contribution in [3.05, 3.63) is 34.3 Å². The first kappa shape index (κ1) is 13.6. The summed E-state index contributed by atoms with van der Waals surface area (Å²) in [5.41, 5.74) is 1.08. The molecule has 0 aliphatic rings. The maximum atomic E-state index is 11.1. The van der Waals surface area contributed by atoms with Gasteiger partial charge in [-0.15, -0.1) is 0 Å². The van der Waals surface area contributed by atoms with Gasteiger partial charge in [0.25, 0.3) is 0 Å². The van der Waals surface area contributed by atoms with E-state index < -0.39 is 5.97 Å². The fraction of sp³-hybridized carbons (Fsp3) is 0.417. The summed E-state index contributed by atoms with van der Waals surface area (Å²) < 4.78 is 1.02. The SMILES string of the molecule is CSCCC(Cc1ccc(Br)cc1)C(=O)O. The van der Waals surface area contributed by atoms with Gasteiger partial charge in [0.15, 0.2) is 0 Å². The van der Waals surface area contributed by atoms with Gasteiger partial charge in [0.2, 0.25) is 0 Å². The monoisotopic (exact) mass is 302 g/mol. The number of benzene rings is 1. The maximum absolute atomic E-state index is 11.1. The Balaban J connectivity index is 2.60. The molecular formula is C12H15BrO2S. The molecule has 1 unspecified atom stereocenters. The number of carboxylic acid groups (broad SMARTS) is 1. The topological polar surface area (TPSA) is 37.3 Å². The van der Waals surface area contributed by atoms with Crippen molar-refractivity contribution in [2.45, 2.75) is 12.8 Å². The number of halogens is 1. The van der Waals surface area contributed by atoms with Gasteiger partial charge >= 0.3 is 5.97 Å². The third kappa shape index (κ3) is 4.58. The van der Waals surface area contributed by atoms with Crippen LogP contribution in [0.2, 0.25) is 0 Å². The van der Waals surface area contributed by atoms with Crippen molar-refractivity contribution in [3.63, 3.8) is 0 Å². The highest BCUT2D eigenvalue weighted by atomic mass is 79.9. The Bertz CT molecular complexity index is 337. The van der Waals surface area contributed by atoms with Gasteiger partial charge in [0.05, 0.1) is 5.92 Å². The molecule has 0 spiro atoms. The third-order valence-corrected chi connectivity index (χ3v) is 3.59. The number of carbonyl (C=O) groups is 1. The van der Waals surface area contributed by atoms with Crippen LogP contribution in [0.3, 0.4) is 0 Å². The van der Waals surface area contributed by atoms with Gasteiger partial charge in [-0.1, -0.05) is 28.1 Å². The van der Waals surface area contributed by atoms with Gasteiger partial charge in [-0.3, -0.25) is 4.79 Å².